The van der Waals surface area contributed by atoms with Gasteiger partial charge in [-0.15, -0.1) is 0 Å². The van der Waals surface area contributed by atoms with Crippen molar-refractivity contribution in [1.29, 1.82) is 0 Å². The van der Waals surface area contributed by atoms with Gasteiger partial charge in [-0.05, 0) is 30.3 Å². The molecule has 0 unspecified atom stereocenters. The Morgan fingerprint density at radius 3 is 2.52 bits per heavy atom. The summed E-state index contributed by atoms with van der Waals surface area (Å²) in [6.45, 7) is 0.778. The van der Waals surface area contributed by atoms with E-state index in [9.17, 15) is 22.8 Å². The number of carbonyl (C=O) groups is 2. The first-order valence-corrected chi connectivity index (χ1v) is 9.14. The lowest BCUT2D eigenvalue weighted by molar-refractivity contribution is -0.137. The summed E-state index contributed by atoms with van der Waals surface area (Å²) in [7, 11) is 0. The first-order chi connectivity index (χ1) is 13.8. The molecule has 29 heavy (non-hydrogen) atoms. The molecule has 2 aromatic carbocycles. The Balaban J connectivity index is 1.38. The Hall–Kier alpha value is -3.29. The molecule has 8 heteroatoms. The lowest BCUT2D eigenvalue weighted by atomic mass is 10.0. The van der Waals surface area contributed by atoms with E-state index in [2.05, 4.69) is 10.3 Å². The van der Waals surface area contributed by atoms with Crippen molar-refractivity contribution in [3.8, 4) is 0 Å². The molecule has 0 spiro atoms. The zero-order valence-electron chi connectivity index (χ0n) is 15.3. The minimum Gasteiger partial charge on any atom is -0.358 e. The summed E-state index contributed by atoms with van der Waals surface area (Å²) >= 11 is 0. The number of carbonyl (C=O) groups excluding carboxylic acids is 2. The van der Waals surface area contributed by atoms with E-state index < -0.39 is 17.6 Å². The predicted octanol–water partition coefficient (Wildman–Crippen LogP) is 3.50. The fraction of sp³-hybridized carbons (Fsp3) is 0.238. The molecule has 2 amide bonds. The number of nitrogens with one attached hydrogen (secondary N) is 2. The van der Waals surface area contributed by atoms with Crippen LogP contribution >= 0.6 is 0 Å². The number of rotatable bonds is 3. The van der Waals surface area contributed by atoms with Crippen LogP contribution in [0.5, 0.6) is 0 Å². The molecule has 0 atom stereocenters. The quantitative estimate of drug-likeness (QED) is 0.706. The number of alkyl halides is 3. The van der Waals surface area contributed by atoms with Crippen LogP contribution in [0.2, 0.25) is 0 Å². The van der Waals surface area contributed by atoms with Crippen LogP contribution in [-0.4, -0.2) is 34.8 Å². The van der Waals surface area contributed by atoms with E-state index in [1.54, 1.807) is 4.90 Å². The summed E-state index contributed by atoms with van der Waals surface area (Å²) in [5, 5.41) is 3.57. The molecule has 2 N–H and O–H groups in total. The van der Waals surface area contributed by atoms with Gasteiger partial charge >= 0.3 is 6.18 Å². The zero-order chi connectivity index (χ0) is 20.6. The SMILES string of the molecule is O=C(NCC(=O)N1CCc2[nH]c3ccccc3c2C1)c1ccc(C(F)(F)F)cc1. The minimum absolute atomic E-state index is 0.0726. The van der Waals surface area contributed by atoms with Gasteiger partial charge in [0.25, 0.3) is 5.91 Å². The number of nitrogens with zero attached hydrogens (tertiary/aromatic N) is 1. The van der Waals surface area contributed by atoms with Crippen LogP contribution in [0.25, 0.3) is 10.9 Å². The molecular weight excluding hydrogens is 383 g/mol. The molecule has 4 rings (SSSR count). The molecule has 0 saturated carbocycles. The van der Waals surface area contributed by atoms with Crippen LogP contribution in [0.3, 0.4) is 0 Å². The van der Waals surface area contributed by atoms with Crippen LogP contribution < -0.4 is 5.32 Å². The van der Waals surface area contributed by atoms with Gasteiger partial charge in [0.2, 0.25) is 5.91 Å². The fourth-order valence-corrected chi connectivity index (χ4v) is 3.56. The van der Waals surface area contributed by atoms with E-state index in [4.69, 9.17) is 0 Å². The van der Waals surface area contributed by atoms with Gasteiger partial charge in [0, 0.05) is 47.2 Å². The highest BCUT2D eigenvalue weighted by Crippen LogP contribution is 2.29. The summed E-state index contributed by atoms with van der Waals surface area (Å²) < 4.78 is 37.8. The van der Waals surface area contributed by atoms with E-state index >= 15 is 0 Å². The molecule has 0 aliphatic carbocycles. The van der Waals surface area contributed by atoms with Crippen molar-refractivity contribution in [3.05, 3.63) is 70.9 Å². The van der Waals surface area contributed by atoms with Crippen molar-refractivity contribution in [1.82, 2.24) is 15.2 Å². The lowest BCUT2D eigenvalue weighted by Crippen LogP contribution is -2.42. The normalized spacial score (nSPS) is 14.0. The Morgan fingerprint density at radius 2 is 1.79 bits per heavy atom. The summed E-state index contributed by atoms with van der Waals surface area (Å²) in [5.41, 5.74) is 2.47. The number of hydrogen-bond acceptors (Lipinski definition) is 2. The molecule has 0 bridgehead atoms. The number of fused-ring (bicyclic) bond motifs is 3. The maximum absolute atomic E-state index is 12.6. The molecule has 1 aliphatic heterocycles. The largest absolute Gasteiger partial charge is 0.416 e. The third kappa shape index (κ3) is 3.83. The Labute approximate surface area is 164 Å². The van der Waals surface area contributed by atoms with Crippen molar-refractivity contribution >= 4 is 22.7 Å². The number of para-hydroxylation sites is 1. The van der Waals surface area contributed by atoms with Crippen LogP contribution in [-0.2, 0) is 23.9 Å². The Bertz CT molecular complexity index is 1070. The van der Waals surface area contributed by atoms with Crippen LogP contribution in [0.4, 0.5) is 13.2 Å². The molecule has 1 aliphatic rings. The molecule has 0 fully saturated rings. The highest BCUT2D eigenvalue weighted by atomic mass is 19.4. The van der Waals surface area contributed by atoms with Gasteiger partial charge in [-0.1, -0.05) is 18.2 Å². The number of hydrogen-bond donors (Lipinski definition) is 2. The summed E-state index contributed by atoms with van der Waals surface area (Å²) in [5.74, 6) is -0.821. The third-order valence-electron chi connectivity index (χ3n) is 5.11. The summed E-state index contributed by atoms with van der Waals surface area (Å²) in [4.78, 5) is 29.7. The van der Waals surface area contributed by atoms with Gasteiger partial charge in [-0.25, -0.2) is 0 Å². The van der Waals surface area contributed by atoms with Crippen molar-refractivity contribution in [3.63, 3.8) is 0 Å². The van der Waals surface area contributed by atoms with E-state index in [1.807, 2.05) is 24.3 Å². The Morgan fingerprint density at radius 1 is 1.07 bits per heavy atom. The third-order valence-corrected chi connectivity index (χ3v) is 5.11. The second-order valence-electron chi connectivity index (χ2n) is 6.95. The van der Waals surface area contributed by atoms with Crippen LogP contribution in [0.1, 0.15) is 27.2 Å². The van der Waals surface area contributed by atoms with Crippen LogP contribution in [0, 0.1) is 0 Å². The zero-order valence-corrected chi connectivity index (χ0v) is 15.3. The Kier molecular flexibility index (Phi) is 4.77. The van der Waals surface area contributed by atoms with Gasteiger partial charge < -0.3 is 15.2 Å². The van der Waals surface area contributed by atoms with Gasteiger partial charge in [-0.2, -0.15) is 13.2 Å². The van der Waals surface area contributed by atoms with Crippen molar-refractivity contribution in [2.24, 2.45) is 0 Å². The van der Waals surface area contributed by atoms with E-state index in [-0.39, 0.29) is 18.0 Å². The van der Waals surface area contributed by atoms with Gasteiger partial charge in [0.1, 0.15) is 0 Å². The average Bonchev–Trinajstić information content (AvgIpc) is 3.09. The molecule has 1 aromatic heterocycles. The van der Waals surface area contributed by atoms with Gasteiger partial charge in [-0.3, -0.25) is 9.59 Å². The monoisotopic (exact) mass is 401 g/mol. The highest BCUT2D eigenvalue weighted by molar-refractivity contribution is 5.96. The summed E-state index contributed by atoms with van der Waals surface area (Å²) in [6, 6.07) is 11.8. The van der Waals surface area contributed by atoms with Crippen molar-refractivity contribution in [2.45, 2.75) is 19.1 Å². The molecule has 2 heterocycles. The number of halogens is 3. The molecule has 150 valence electrons. The van der Waals surface area contributed by atoms with E-state index in [0.717, 1.165) is 46.4 Å². The second-order valence-corrected chi connectivity index (χ2v) is 6.95. The predicted molar refractivity (Wildman–Crippen MR) is 101 cm³/mol. The topological polar surface area (TPSA) is 65.2 Å². The first kappa shape index (κ1) is 19.0. The number of aromatic amines is 1. The molecule has 3 aromatic rings. The molecular formula is C21H18F3N3O2. The average molecular weight is 401 g/mol. The van der Waals surface area contributed by atoms with Crippen LogP contribution in [0.15, 0.2) is 48.5 Å². The number of aromatic nitrogens is 1. The lowest BCUT2D eigenvalue weighted by Gasteiger charge is -2.27. The fourth-order valence-electron chi connectivity index (χ4n) is 3.56. The maximum Gasteiger partial charge on any atom is 0.416 e. The minimum atomic E-state index is -4.46. The second kappa shape index (κ2) is 7.27. The van der Waals surface area contributed by atoms with Gasteiger partial charge in [0.05, 0.1) is 12.1 Å². The molecule has 0 radical (unpaired) electrons. The number of H-pyrrole nitrogens is 1. The maximum atomic E-state index is 12.6. The molecule has 0 saturated heterocycles. The van der Waals surface area contributed by atoms with Crippen molar-refractivity contribution < 1.29 is 22.8 Å². The van der Waals surface area contributed by atoms with E-state index in [0.29, 0.717) is 19.5 Å². The first-order valence-electron chi connectivity index (χ1n) is 9.14. The van der Waals surface area contributed by atoms with Gasteiger partial charge in [0.15, 0.2) is 0 Å². The van der Waals surface area contributed by atoms with E-state index in [1.165, 1.54) is 0 Å². The number of benzene rings is 2. The smallest absolute Gasteiger partial charge is 0.358 e. The number of amides is 2. The van der Waals surface area contributed by atoms with Crippen molar-refractivity contribution in [2.75, 3.05) is 13.1 Å². The molecule has 5 nitrogen and oxygen atoms in total. The highest BCUT2D eigenvalue weighted by Gasteiger charge is 2.30. The summed E-state index contributed by atoms with van der Waals surface area (Å²) in [6.07, 6.45) is -3.76. The standard InChI is InChI=1S/C21H18F3N3O2/c22-21(23,24)14-7-5-13(6-8-14)20(29)25-11-19(28)27-10-9-18-16(12-27)15-3-1-2-4-17(15)26-18/h1-8,26H,9-12H2,(H,25,29).